The first kappa shape index (κ1) is 21.3. The van der Waals surface area contributed by atoms with Gasteiger partial charge in [-0.25, -0.2) is 9.78 Å². The lowest BCUT2D eigenvalue weighted by molar-refractivity contribution is -0.128. The molecule has 0 spiro atoms. The molecule has 1 saturated heterocycles. The highest BCUT2D eigenvalue weighted by Gasteiger charge is 2.30. The van der Waals surface area contributed by atoms with Gasteiger partial charge in [-0.2, -0.15) is 0 Å². The second kappa shape index (κ2) is 9.84. The van der Waals surface area contributed by atoms with Gasteiger partial charge in [0.25, 0.3) is 0 Å². The van der Waals surface area contributed by atoms with E-state index in [1.807, 2.05) is 23.1 Å². The molecule has 2 heterocycles. The van der Waals surface area contributed by atoms with Crippen LogP contribution in [0.5, 0.6) is 11.5 Å². The molecule has 1 amide bonds. The second-order valence-corrected chi connectivity index (χ2v) is 8.58. The minimum Gasteiger partial charge on any atom is -0.497 e. The van der Waals surface area contributed by atoms with Crippen LogP contribution in [0.3, 0.4) is 0 Å². The van der Waals surface area contributed by atoms with Crippen LogP contribution in [0.2, 0.25) is 0 Å². The van der Waals surface area contributed by atoms with Gasteiger partial charge in [0.2, 0.25) is 5.91 Å². The lowest BCUT2D eigenvalue weighted by atomic mass is 10.2. The molecule has 3 rings (SSSR count). The maximum atomic E-state index is 12.3. The summed E-state index contributed by atoms with van der Waals surface area (Å²) in [5.74, 6) is 1.19. The Hall–Kier alpha value is -2.46. The Kier molecular flexibility index (Phi) is 7.21. The number of anilines is 1. The number of carboxylic acid groups (broad SMARTS) is 1. The average molecular weight is 438 g/mol. The smallest absolute Gasteiger partial charge is 0.355 e. The van der Waals surface area contributed by atoms with Gasteiger partial charge in [-0.05, 0) is 18.6 Å². The standard InChI is InChI=1S/C19H23N3O5S2/c1-26-13-4-5-14(16(9-13)27-2)20-10-12-3-6-17(23)22(12)7-8-28-19-21-15(11-29-19)18(24)25/h4-5,9,11-12,20H,3,6-8,10H2,1-2H3,(H,24,25). The molecule has 8 nitrogen and oxygen atoms in total. The third-order valence-electron chi connectivity index (χ3n) is 4.65. The first-order valence-corrected chi connectivity index (χ1v) is 11.0. The number of carbonyl (C=O) groups is 2. The van der Waals surface area contributed by atoms with E-state index in [9.17, 15) is 9.59 Å². The lowest BCUT2D eigenvalue weighted by Crippen LogP contribution is -2.39. The fourth-order valence-electron chi connectivity index (χ4n) is 3.14. The van der Waals surface area contributed by atoms with Gasteiger partial charge in [0, 0.05) is 42.8 Å². The van der Waals surface area contributed by atoms with Crippen LogP contribution in [0.15, 0.2) is 27.9 Å². The van der Waals surface area contributed by atoms with Crippen LogP contribution in [-0.4, -0.2) is 66.0 Å². The van der Waals surface area contributed by atoms with E-state index in [2.05, 4.69) is 10.3 Å². The Morgan fingerprint density at radius 1 is 1.41 bits per heavy atom. The van der Waals surface area contributed by atoms with Crippen LogP contribution < -0.4 is 14.8 Å². The number of nitrogens with zero attached hydrogens (tertiary/aromatic N) is 2. The van der Waals surface area contributed by atoms with Crippen molar-refractivity contribution in [1.29, 1.82) is 0 Å². The molecule has 2 aromatic rings. The zero-order valence-corrected chi connectivity index (χ0v) is 17.8. The van der Waals surface area contributed by atoms with Crippen LogP contribution in [0.4, 0.5) is 5.69 Å². The molecule has 10 heteroatoms. The number of carboxylic acids is 1. The number of ether oxygens (including phenoxy) is 2. The number of benzene rings is 1. The molecule has 0 saturated carbocycles. The fourth-order valence-corrected chi connectivity index (χ4v) is 4.95. The van der Waals surface area contributed by atoms with Crippen molar-refractivity contribution >= 4 is 40.7 Å². The van der Waals surface area contributed by atoms with Gasteiger partial charge < -0.3 is 24.8 Å². The summed E-state index contributed by atoms with van der Waals surface area (Å²) in [6.45, 7) is 1.22. The summed E-state index contributed by atoms with van der Waals surface area (Å²) in [7, 11) is 3.22. The molecule has 1 aliphatic rings. The van der Waals surface area contributed by atoms with E-state index in [-0.39, 0.29) is 17.6 Å². The van der Waals surface area contributed by atoms with E-state index >= 15 is 0 Å². The number of thioether (sulfide) groups is 1. The summed E-state index contributed by atoms with van der Waals surface area (Å²) < 4.78 is 11.3. The molecule has 2 N–H and O–H groups in total. The summed E-state index contributed by atoms with van der Waals surface area (Å²) in [6, 6.07) is 5.67. The predicted octanol–water partition coefficient (Wildman–Crippen LogP) is 3.05. The number of amides is 1. The Morgan fingerprint density at radius 2 is 2.24 bits per heavy atom. The van der Waals surface area contributed by atoms with Crippen molar-refractivity contribution in [3.05, 3.63) is 29.3 Å². The molecular formula is C19H23N3O5S2. The summed E-state index contributed by atoms with van der Waals surface area (Å²) in [5, 5.41) is 13.8. The molecule has 29 heavy (non-hydrogen) atoms. The Morgan fingerprint density at radius 3 is 2.93 bits per heavy atom. The number of likely N-dealkylation sites (tertiary alicyclic amines) is 1. The molecule has 0 bridgehead atoms. The number of carbonyl (C=O) groups excluding carboxylic acids is 1. The number of thiazole rings is 1. The maximum Gasteiger partial charge on any atom is 0.355 e. The van der Waals surface area contributed by atoms with Gasteiger partial charge in [0.15, 0.2) is 10.0 Å². The number of hydrogen-bond acceptors (Lipinski definition) is 8. The van der Waals surface area contributed by atoms with Crippen molar-refractivity contribution in [2.24, 2.45) is 0 Å². The van der Waals surface area contributed by atoms with Crippen LogP contribution in [0.25, 0.3) is 0 Å². The number of aromatic nitrogens is 1. The first-order chi connectivity index (χ1) is 14.0. The predicted molar refractivity (Wildman–Crippen MR) is 113 cm³/mol. The monoisotopic (exact) mass is 437 g/mol. The zero-order valence-electron chi connectivity index (χ0n) is 16.2. The van der Waals surface area contributed by atoms with Gasteiger partial charge >= 0.3 is 5.97 Å². The van der Waals surface area contributed by atoms with Crippen LogP contribution in [0.1, 0.15) is 23.3 Å². The highest BCUT2D eigenvalue weighted by molar-refractivity contribution is 8.01. The van der Waals surface area contributed by atoms with Crippen LogP contribution >= 0.6 is 23.1 Å². The second-order valence-electron chi connectivity index (χ2n) is 6.38. The molecule has 0 aliphatic carbocycles. The van der Waals surface area contributed by atoms with Crippen molar-refractivity contribution in [2.45, 2.75) is 23.2 Å². The molecular weight excluding hydrogens is 414 g/mol. The Bertz CT molecular complexity index is 873. The Balaban J connectivity index is 1.54. The van der Waals surface area contributed by atoms with E-state index in [4.69, 9.17) is 14.6 Å². The van der Waals surface area contributed by atoms with E-state index < -0.39 is 5.97 Å². The van der Waals surface area contributed by atoms with Gasteiger partial charge in [-0.15, -0.1) is 11.3 Å². The highest BCUT2D eigenvalue weighted by atomic mass is 32.2. The van der Waals surface area contributed by atoms with E-state index in [1.54, 1.807) is 14.2 Å². The van der Waals surface area contributed by atoms with Gasteiger partial charge in [0.1, 0.15) is 11.5 Å². The van der Waals surface area contributed by atoms with Gasteiger partial charge in [0.05, 0.1) is 19.9 Å². The number of nitrogens with one attached hydrogen (secondary N) is 1. The maximum absolute atomic E-state index is 12.3. The normalized spacial score (nSPS) is 16.1. The zero-order chi connectivity index (χ0) is 20.8. The highest BCUT2D eigenvalue weighted by Crippen LogP contribution is 2.30. The molecule has 1 unspecified atom stereocenters. The number of methoxy groups -OCH3 is 2. The minimum atomic E-state index is -1.03. The molecule has 1 aromatic heterocycles. The summed E-state index contributed by atoms with van der Waals surface area (Å²) in [4.78, 5) is 29.2. The van der Waals surface area contributed by atoms with Crippen molar-refractivity contribution in [2.75, 3.05) is 38.4 Å². The topological polar surface area (TPSA) is 101 Å². The average Bonchev–Trinajstić information content (AvgIpc) is 3.34. The molecule has 1 aromatic carbocycles. The molecule has 1 aliphatic heterocycles. The third kappa shape index (κ3) is 5.33. The fraction of sp³-hybridized carbons (Fsp3) is 0.421. The van der Waals surface area contributed by atoms with Gasteiger partial charge in [-0.3, -0.25) is 4.79 Å². The van der Waals surface area contributed by atoms with Gasteiger partial charge in [-0.1, -0.05) is 11.8 Å². The number of aromatic carboxylic acids is 1. The summed E-state index contributed by atoms with van der Waals surface area (Å²) >= 11 is 2.78. The lowest BCUT2D eigenvalue weighted by Gasteiger charge is -2.25. The molecule has 1 fully saturated rings. The molecule has 0 radical (unpaired) electrons. The van der Waals surface area contributed by atoms with Crippen LogP contribution in [-0.2, 0) is 4.79 Å². The Labute approximate surface area is 177 Å². The quantitative estimate of drug-likeness (QED) is 0.547. The largest absolute Gasteiger partial charge is 0.497 e. The molecule has 1 atom stereocenters. The molecule has 156 valence electrons. The third-order valence-corrected chi connectivity index (χ3v) is 6.65. The minimum absolute atomic E-state index is 0.0604. The summed E-state index contributed by atoms with van der Waals surface area (Å²) in [6.07, 6.45) is 1.34. The van der Waals surface area contributed by atoms with Crippen molar-refractivity contribution in [3.8, 4) is 11.5 Å². The first-order valence-electron chi connectivity index (χ1n) is 9.08. The van der Waals surface area contributed by atoms with Crippen molar-refractivity contribution in [1.82, 2.24) is 9.88 Å². The van der Waals surface area contributed by atoms with E-state index in [0.29, 0.717) is 35.4 Å². The van der Waals surface area contributed by atoms with E-state index in [0.717, 1.165) is 17.9 Å². The summed E-state index contributed by atoms with van der Waals surface area (Å²) in [5.41, 5.74) is 0.913. The number of hydrogen-bond donors (Lipinski definition) is 2. The van der Waals surface area contributed by atoms with E-state index in [1.165, 1.54) is 28.5 Å². The van der Waals surface area contributed by atoms with Crippen molar-refractivity contribution in [3.63, 3.8) is 0 Å². The number of rotatable bonds is 10. The van der Waals surface area contributed by atoms with Crippen molar-refractivity contribution < 1.29 is 24.2 Å². The SMILES string of the molecule is COc1ccc(NCC2CCC(=O)N2CCSc2nc(C(=O)O)cs2)c(OC)c1. The van der Waals surface area contributed by atoms with Crippen LogP contribution in [0, 0.1) is 0 Å².